The van der Waals surface area contributed by atoms with E-state index in [1.807, 2.05) is 72.5 Å². The molecule has 0 unspecified atom stereocenters. The van der Waals surface area contributed by atoms with E-state index in [0.29, 0.717) is 17.2 Å². The number of carbonyl (C=O) groups is 2. The van der Waals surface area contributed by atoms with Crippen LogP contribution in [0.3, 0.4) is 0 Å². The lowest BCUT2D eigenvalue weighted by atomic mass is 10.0. The van der Waals surface area contributed by atoms with E-state index in [-0.39, 0.29) is 17.2 Å². The first-order valence-electron chi connectivity index (χ1n) is 10.4. The van der Waals surface area contributed by atoms with Crippen molar-refractivity contribution in [2.45, 2.75) is 32.1 Å². The molecule has 3 aromatic carbocycles. The minimum absolute atomic E-state index is 0.0701. The first-order chi connectivity index (χ1) is 14.9. The summed E-state index contributed by atoms with van der Waals surface area (Å²) < 4.78 is 0. The Labute approximate surface area is 187 Å². The maximum absolute atomic E-state index is 12.6. The molecule has 4 rings (SSSR count). The standard InChI is InChI=1S/C26H26N2O2S/c1-17(2)19-10-14-23(15-11-19)28-24(29)16-31-26(28)21-8-12-22(13-9-21)27-25(30)20-6-4-18(3)5-7-20/h4-15,17,26H,16H2,1-3H3,(H,27,30)/t26-/m1/s1. The Balaban J connectivity index is 1.50. The lowest BCUT2D eigenvalue weighted by molar-refractivity contribution is -0.115. The van der Waals surface area contributed by atoms with Crippen molar-refractivity contribution in [3.05, 3.63) is 95.1 Å². The van der Waals surface area contributed by atoms with Crippen LogP contribution in [0.4, 0.5) is 11.4 Å². The van der Waals surface area contributed by atoms with E-state index in [4.69, 9.17) is 0 Å². The largest absolute Gasteiger partial charge is 0.322 e. The minimum Gasteiger partial charge on any atom is -0.322 e. The number of thioether (sulfide) groups is 1. The Morgan fingerprint density at radius 3 is 2.23 bits per heavy atom. The molecular formula is C26H26N2O2S. The van der Waals surface area contributed by atoms with Gasteiger partial charge in [-0.25, -0.2) is 0 Å². The van der Waals surface area contributed by atoms with E-state index in [1.165, 1.54) is 5.56 Å². The molecule has 3 aromatic rings. The predicted octanol–water partition coefficient (Wildman–Crippen LogP) is 6.15. The normalized spacial score (nSPS) is 16.1. The summed E-state index contributed by atoms with van der Waals surface area (Å²) in [5, 5.41) is 2.87. The zero-order valence-electron chi connectivity index (χ0n) is 18.0. The van der Waals surface area contributed by atoms with Gasteiger partial charge in [-0.2, -0.15) is 0 Å². The summed E-state index contributed by atoms with van der Waals surface area (Å²) in [6.07, 6.45) is 0. The van der Waals surface area contributed by atoms with Gasteiger partial charge in [0.05, 0.1) is 5.75 Å². The van der Waals surface area contributed by atoms with Gasteiger partial charge in [-0.05, 0) is 60.4 Å². The van der Waals surface area contributed by atoms with E-state index in [2.05, 4.69) is 31.3 Å². The van der Waals surface area contributed by atoms with E-state index in [9.17, 15) is 9.59 Å². The third kappa shape index (κ3) is 4.67. The Morgan fingerprint density at radius 2 is 1.61 bits per heavy atom. The van der Waals surface area contributed by atoms with Gasteiger partial charge in [0.15, 0.2) is 0 Å². The zero-order valence-corrected chi connectivity index (χ0v) is 18.8. The Hall–Kier alpha value is -3.05. The first kappa shape index (κ1) is 21.2. The number of amides is 2. The fourth-order valence-electron chi connectivity index (χ4n) is 3.61. The summed E-state index contributed by atoms with van der Waals surface area (Å²) >= 11 is 1.62. The molecule has 1 saturated heterocycles. The second kappa shape index (κ2) is 8.98. The van der Waals surface area contributed by atoms with Gasteiger partial charge in [0.2, 0.25) is 5.91 Å². The highest BCUT2D eigenvalue weighted by Gasteiger charge is 2.34. The topological polar surface area (TPSA) is 49.4 Å². The Bertz CT molecular complexity index is 1070. The summed E-state index contributed by atoms with van der Waals surface area (Å²) in [6, 6.07) is 23.5. The van der Waals surface area contributed by atoms with Crippen molar-refractivity contribution in [2.75, 3.05) is 16.0 Å². The van der Waals surface area contributed by atoms with Crippen molar-refractivity contribution >= 4 is 35.0 Å². The summed E-state index contributed by atoms with van der Waals surface area (Å²) in [7, 11) is 0. The van der Waals surface area contributed by atoms with Crippen LogP contribution in [0.2, 0.25) is 0 Å². The van der Waals surface area contributed by atoms with Gasteiger partial charge in [-0.15, -0.1) is 11.8 Å². The molecular weight excluding hydrogens is 404 g/mol. The molecule has 158 valence electrons. The second-order valence-corrected chi connectivity index (χ2v) is 9.18. The number of benzene rings is 3. The summed E-state index contributed by atoms with van der Waals surface area (Å²) in [4.78, 5) is 26.9. The van der Waals surface area contributed by atoms with E-state index >= 15 is 0 Å². The van der Waals surface area contributed by atoms with E-state index in [1.54, 1.807) is 11.8 Å². The molecule has 0 radical (unpaired) electrons. The highest BCUT2D eigenvalue weighted by molar-refractivity contribution is 8.00. The molecule has 2 amide bonds. The SMILES string of the molecule is Cc1ccc(C(=O)Nc2ccc([C@H]3SCC(=O)N3c3ccc(C(C)C)cc3)cc2)cc1. The maximum atomic E-state index is 12.6. The number of anilines is 2. The van der Waals surface area contributed by atoms with Crippen LogP contribution in [0.25, 0.3) is 0 Å². The maximum Gasteiger partial charge on any atom is 0.255 e. The van der Waals surface area contributed by atoms with Gasteiger partial charge in [-0.3, -0.25) is 14.5 Å². The molecule has 0 aliphatic carbocycles. The fraction of sp³-hybridized carbons (Fsp3) is 0.231. The minimum atomic E-state index is -0.134. The molecule has 0 bridgehead atoms. The average molecular weight is 431 g/mol. The van der Waals surface area contributed by atoms with Crippen LogP contribution in [0, 0.1) is 6.92 Å². The van der Waals surface area contributed by atoms with Crippen LogP contribution in [0.5, 0.6) is 0 Å². The Morgan fingerprint density at radius 1 is 0.968 bits per heavy atom. The number of carbonyl (C=O) groups excluding carboxylic acids is 2. The molecule has 1 heterocycles. The molecule has 0 spiro atoms. The van der Waals surface area contributed by atoms with Crippen LogP contribution in [0.15, 0.2) is 72.8 Å². The summed E-state index contributed by atoms with van der Waals surface area (Å²) in [5.41, 5.74) is 5.69. The van der Waals surface area contributed by atoms with Crippen molar-refractivity contribution in [1.29, 1.82) is 0 Å². The van der Waals surface area contributed by atoms with Crippen LogP contribution < -0.4 is 10.2 Å². The van der Waals surface area contributed by atoms with Gasteiger partial charge < -0.3 is 5.32 Å². The number of hydrogen-bond acceptors (Lipinski definition) is 3. The van der Waals surface area contributed by atoms with Gasteiger partial charge in [0, 0.05) is 16.9 Å². The van der Waals surface area contributed by atoms with Crippen molar-refractivity contribution in [1.82, 2.24) is 0 Å². The van der Waals surface area contributed by atoms with Gasteiger partial charge in [-0.1, -0.05) is 55.8 Å². The molecule has 5 heteroatoms. The molecule has 1 atom stereocenters. The highest BCUT2D eigenvalue weighted by atomic mass is 32.2. The quantitative estimate of drug-likeness (QED) is 0.528. The van der Waals surface area contributed by atoms with Crippen molar-refractivity contribution in [2.24, 2.45) is 0 Å². The third-order valence-electron chi connectivity index (χ3n) is 5.47. The molecule has 1 aliphatic rings. The third-order valence-corrected chi connectivity index (χ3v) is 6.69. The van der Waals surface area contributed by atoms with Crippen LogP contribution >= 0.6 is 11.8 Å². The highest BCUT2D eigenvalue weighted by Crippen LogP contribution is 2.42. The van der Waals surface area contributed by atoms with E-state index < -0.39 is 0 Å². The predicted molar refractivity (Wildman–Crippen MR) is 129 cm³/mol. The number of nitrogens with one attached hydrogen (secondary N) is 1. The molecule has 0 saturated carbocycles. The fourth-order valence-corrected chi connectivity index (χ4v) is 4.79. The molecule has 1 aliphatic heterocycles. The van der Waals surface area contributed by atoms with Crippen LogP contribution in [-0.2, 0) is 4.79 Å². The monoisotopic (exact) mass is 430 g/mol. The molecule has 1 N–H and O–H groups in total. The smallest absolute Gasteiger partial charge is 0.255 e. The van der Waals surface area contributed by atoms with E-state index in [0.717, 1.165) is 22.5 Å². The average Bonchev–Trinajstić information content (AvgIpc) is 3.16. The molecule has 1 fully saturated rings. The number of hydrogen-bond donors (Lipinski definition) is 1. The van der Waals surface area contributed by atoms with Crippen LogP contribution in [0.1, 0.15) is 52.2 Å². The van der Waals surface area contributed by atoms with Gasteiger partial charge >= 0.3 is 0 Å². The van der Waals surface area contributed by atoms with Crippen LogP contribution in [-0.4, -0.2) is 17.6 Å². The number of nitrogens with zero attached hydrogens (tertiary/aromatic N) is 1. The summed E-state index contributed by atoms with van der Waals surface area (Å²) in [5.74, 6) is 0.896. The number of aryl methyl sites for hydroxylation is 1. The summed E-state index contributed by atoms with van der Waals surface area (Å²) in [6.45, 7) is 6.32. The lowest BCUT2D eigenvalue weighted by Crippen LogP contribution is -2.27. The molecule has 31 heavy (non-hydrogen) atoms. The molecule has 4 nitrogen and oxygen atoms in total. The van der Waals surface area contributed by atoms with Crippen molar-refractivity contribution < 1.29 is 9.59 Å². The molecule has 0 aromatic heterocycles. The van der Waals surface area contributed by atoms with Crippen molar-refractivity contribution in [3.63, 3.8) is 0 Å². The van der Waals surface area contributed by atoms with Gasteiger partial charge in [0.25, 0.3) is 5.91 Å². The first-order valence-corrected chi connectivity index (χ1v) is 11.5. The lowest BCUT2D eigenvalue weighted by Gasteiger charge is -2.25. The van der Waals surface area contributed by atoms with Gasteiger partial charge in [0.1, 0.15) is 5.37 Å². The number of rotatable bonds is 5. The zero-order chi connectivity index (χ0) is 22.0. The second-order valence-electron chi connectivity index (χ2n) is 8.12. The Kier molecular flexibility index (Phi) is 6.14. The van der Waals surface area contributed by atoms with Crippen molar-refractivity contribution in [3.8, 4) is 0 Å².